The molecule has 1 aliphatic rings. The van der Waals surface area contributed by atoms with Gasteiger partial charge in [0.2, 0.25) is 12.5 Å². The van der Waals surface area contributed by atoms with Crippen molar-refractivity contribution in [3.63, 3.8) is 0 Å². The number of fused-ring (bicyclic) bond motifs is 2. The van der Waals surface area contributed by atoms with E-state index in [0.717, 1.165) is 25.2 Å². The van der Waals surface area contributed by atoms with Gasteiger partial charge in [0, 0.05) is 31.0 Å². The maximum Gasteiger partial charge on any atom is 0.226 e. The maximum absolute atomic E-state index is 7.12. The Balaban J connectivity index is 1.23. The summed E-state index contributed by atoms with van der Waals surface area (Å²) >= 11 is 6.53. The van der Waals surface area contributed by atoms with Crippen LogP contribution < -0.4 is 15.0 Å². The topological polar surface area (TPSA) is 111 Å². The zero-order valence-corrected chi connectivity index (χ0v) is 19.7. The van der Waals surface area contributed by atoms with Gasteiger partial charge in [0.1, 0.15) is 35.2 Å². The zero-order chi connectivity index (χ0) is 24.5. The van der Waals surface area contributed by atoms with Crippen molar-refractivity contribution in [3.05, 3.63) is 71.8 Å². The van der Waals surface area contributed by atoms with Crippen molar-refractivity contribution < 1.29 is 4.74 Å². The van der Waals surface area contributed by atoms with Gasteiger partial charge in [0.25, 0.3) is 0 Å². The summed E-state index contributed by atoms with van der Waals surface area (Å²) in [5.41, 5.74) is 2.63. The molecule has 0 unspecified atom stereocenters. The van der Waals surface area contributed by atoms with E-state index in [1.54, 1.807) is 41.2 Å². The van der Waals surface area contributed by atoms with Crippen LogP contribution in [0, 0.1) is 12.5 Å². The van der Waals surface area contributed by atoms with Crippen LogP contribution in [0.25, 0.3) is 21.5 Å². The van der Waals surface area contributed by atoms with Crippen molar-refractivity contribution in [3.8, 4) is 11.5 Å². The highest BCUT2D eigenvalue weighted by Gasteiger charge is 2.26. The minimum atomic E-state index is 0.340. The molecule has 1 aromatic carbocycles. The SMILES string of the molecule is [C-]#[N+]C[C@H]1CCN(c2ncc3ncnc(Nc4ccc(Oc5ccn6ncnc6c5)c(Cl)c4)c3n2)C1. The largest absolute Gasteiger partial charge is 0.456 e. The van der Waals surface area contributed by atoms with Gasteiger partial charge < -0.3 is 19.8 Å². The molecule has 0 aliphatic carbocycles. The lowest BCUT2D eigenvalue weighted by Crippen LogP contribution is -2.22. The van der Waals surface area contributed by atoms with Gasteiger partial charge in [0.05, 0.1) is 17.1 Å². The molecule has 1 fully saturated rings. The molecular formula is C24H19ClN10O. The Kier molecular flexibility index (Phi) is 5.63. The number of hydrogen-bond donors (Lipinski definition) is 1. The molecule has 5 heterocycles. The van der Waals surface area contributed by atoms with Crippen molar-refractivity contribution >= 4 is 45.7 Å². The van der Waals surface area contributed by atoms with E-state index in [1.807, 2.05) is 6.07 Å². The molecule has 12 heteroatoms. The first-order valence-corrected chi connectivity index (χ1v) is 11.6. The van der Waals surface area contributed by atoms with Crippen molar-refractivity contribution in [2.24, 2.45) is 5.92 Å². The van der Waals surface area contributed by atoms with E-state index < -0.39 is 0 Å². The fourth-order valence-corrected chi connectivity index (χ4v) is 4.39. The first kappa shape index (κ1) is 21.9. The molecule has 6 rings (SSSR count). The first-order chi connectivity index (χ1) is 17.7. The number of pyridine rings is 1. The van der Waals surface area contributed by atoms with Crippen LogP contribution in [-0.2, 0) is 0 Å². The average molecular weight is 499 g/mol. The Labute approximate surface area is 210 Å². The molecule has 1 aliphatic heterocycles. The molecule has 11 nitrogen and oxygen atoms in total. The molecule has 4 aromatic heterocycles. The standard InChI is InChI=1S/C24H19ClN10O/c1-26-10-15-4-6-34(12-15)24-27-11-19-22(33-24)23(30-13-28-19)32-16-2-3-20(18(25)8-16)36-17-5-7-35-21(9-17)29-14-31-35/h2-3,5,7-9,11,13-15H,4,6,10,12H2,(H,28,30,32)/t15-/m1/s1. The highest BCUT2D eigenvalue weighted by molar-refractivity contribution is 6.32. The molecule has 5 aromatic rings. The number of ether oxygens (including phenoxy) is 1. The summed E-state index contributed by atoms with van der Waals surface area (Å²) in [5, 5.41) is 7.79. The van der Waals surface area contributed by atoms with Crippen LogP contribution in [0.2, 0.25) is 5.02 Å². The third-order valence-electron chi connectivity index (χ3n) is 5.96. The third kappa shape index (κ3) is 4.30. The number of aromatic nitrogens is 7. The molecule has 0 amide bonds. The van der Waals surface area contributed by atoms with Crippen LogP contribution in [0.5, 0.6) is 11.5 Å². The molecule has 0 spiro atoms. The van der Waals surface area contributed by atoms with Crippen LogP contribution in [0.3, 0.4) is 0 Å². The molecule has 0 bridgehead atoms. The number of halogens is 1. The number of nitrogens with zero attached hydrogens (tertiary/aromatic N) is 9. The average Bonchev–Trinajstić information content (AvgIpc) is 3.55. The summed E-state index contributed by atoms with van der Waals surface area (Å²) in [4.78, 5) is 27.7. The van der Waals surface area contributed by atoms with Crippen LogP contribution in [-0.4, -0.2) is 54.2 Å². The second-order valence-corrected chi connectivity index (χ2v) is 8.77. The van der Waals surface area contributed by atoms with Gasteiger partial charge in [-0.1, -0.05) is 11.6 Å². The minimum Gasteiger partial charge on any atom is -0.456 e. The number of rotatable bonds is 6. The third-order valence-corrected chi connectivity index (χ3v) is 6.25. The lowest BCUT2D eigenvalue weighted by Gasteiger charge is -2.16. The Bertz CT molecular complexity index is 1610. The molecule has 1 atom stereocenters. The van der Waals surface area contributed by atoms with Crippen molar-refractivity contribution in [2.45, 2.75) is 6.42 Å². The Morgan fingerprint density at radius 3 is 2.97 bits per heavy atom. The summed E-state index contributed by atoms with van der Waals surface area (Å²) in [7, 11) is 0. The van der Waals surface area contributed by atoms with Gasteiger partial charge in [-0.05, 0) is 30.7 Å². The fraction of sp³-hybridized carbons (Fsp3) is 0.208. The second kappa shape index (κ2) is 9.24. The van der Waals surface area contributed by atoms with Crippen LogP contribution >= 0.6 is 11.6 Å². The quantitative estimate of drug-likeness (QED) is 0.340. The number of nitrogens with one attached hydrogen (secondary N) is 1. The van der Waals surface area contributed by atoms with Crippen LogP contribution in [0.1, 0.15) is 6.42 Å². The molecule has 1 saturated heterocycles. The Morgan fingerprint density at radius 2 is 2.08 bits per heavy atom. The highest BCUT2D eigenvalue weighted by atomic mass is 35.5. The second-order valence-electron chi connectivity index (χ2n) is 8.37. The van der Waals surface area contributed by atoms with Crippen LogP contribution in [0.15, 0.2) is 55.4 Å². The molecule has 0 saturated carbocycles. The fourth-order valence-electron chi connectivity index (χ4n) is 4.17. The molecule has 36 heavy (non-hydrogen) atoms. The maximum atomic E-state index is 7.12. The normalized spacial score (nSPS) is 15.3. The summed E-state index contributed by atoms with van der Waals surface area (Å²) in [6.45, 7) is 9.23. The van der Waals surface area contributed by atoms with Gasteiger partial charge >= 0.3 is 0 Å². The first-order valence-electron chi connectivity index (χ1n) is 11.3. The Hall–Kier alpha value is -4.56. The van der Waals surface area contributed by atoms with E-state index in [1.165, 1.54) is 12.7 Å². The van der Waals surface area contributed by atoms with Crippen molar-refractivity contribution in [1.29, 1.82) is 0 Å². The van der Waals surface area contributed by atoms with E-state index in [-0.39, 0.29) is 0 Å². The predicted octanol–water partition coefficient (Wildman–Crippen LogP) is 4.40. The van der Waals surface area contributed by atoms with Gasteiger partial charge in [-0.25, -0.2) is 36.0 Å². The summed E-state index contributed by atoms with van der Waals surface area (Å²) < 4.78 is 7.60. The number of hydrogen-bond acceptors (Lipinski definition) is 9. The molecule has 0 radical (unpaired) electrons. The zero-order valence-electron chi connectivity index (χ0n) is 18.9. The van der Waals surface area contributed by atoms with Crippen LogP contribution in [0.4, 0.5) is 17.5 Å². The van der Waals surface area contributed by atoms with E-state index in [4.69, 9.17) is 27.9 Å². The van der Waals surface area contributed by atoms with E-state index in [2.05, 4.69) is 40.1 Å². The van der Waals surface area contributed by atoms with Gasteiger partial charge in [-0.2, -0.15) is 5.10 Å². The van der Waals surface area contributed by atoms with E-state index >= 15 is 0 Å². The lowest BCUT2D eigenvalue weighted by atomic mass is 10.1. The predicted molar refractivity (Wildman–Crippen MR) is 135 cm³/mol. The summed E-state index contributed by atoms with van der Waals surface area (Å²) in [5.74, 6) is 2.60. The Morgan fingerprint density at radius 1 is 1.14 bits per heavy atom. The van der Waals surface area contributed by atoms with Gasteiger partial charge in [-0.15, -0.1) is 0 Å². The van der Waals surface area contributed by atoms with Crippen molar-refractivity contribution in [1.82, 2.24) is 34.5 Å². The van der Waals surface area contributed by atoms with Crippen molar-refractivity contribution in [2.75, 3.05) is 29.9 Å². The van der Waals surface area contributed by atoms with Gasteiger partial charge in [-0.3, -0.25) is 0 Å². The van der Waals surface area contributed by atoms with E-state index in [0.29, 0.717) is 57.4 Å². The monoisotopic (exact) mass is 498 g/mol. The molecule has 1 N–H and O–H groups in total. The van der Waals surface area contributed by atoms with E-state index in [9.17, 15) is 0 Å². The smallest absolute Gasteiger partial charge is 0.226 e. The van der Waals surface area contributed by atoms with Gasteiger partial charge in [0.15, 0.2) is 11.5 Å². The number of benzene rings is 1. The molecular weight excluding hydrogens is 480 g/mol. The minimum absolute atomic E-state index is 0.340. The summed E-state index contributed by atoms with van der Waals surface area (Å²) in [6.07, 6.45) is 7.37. The lowest BCUT2D eigenvalue weighted by molar-refractivity contribution is 0.482. The molecule has 178 valence electrons. The summed E-state index contributed by atoms with van der Waals surface area (Å²) in [6, 6.07) is 8.97. The highest BCUT2D eigenvalue weighted by Crippen LogP contribution is 2.33. The number of anilines is 3.